The maximum Gasteiger partial charge on any atom is 0.0367 e. The van der Waals surface area contributed by atoms with E-state index in [1.807, 2.05) is 0 Å². The Kier molecular flexibility index (Phi) is 3.90. The Labute approximate surface area is 118 Å². The predicted octanol–water partition coefficient (Wildman–Crippen LogP) is 3.37. The number of benzene rings is 1. The fourth-order valence-corrected chi connectivity index (χ4v) is 2.92. The quantitative estimate of drug-likeness (QED) is 0.841. The Hall–Kier alpha value is -0.540. The molecule has 0 aromatic heterocycles. The Morgan fingerprint density at radius 3 is 2.28 bits per heavy atom. The number of hydrogen-bond acceptors (Lipinski definition) is 2. The predicted molar refractivity (Wildman–Crippen MR) is 80.1 cm³/mol. The minimum Gasteiger partial charge on any atom is -0.369 e. The van der Waals surface area contributed by atoms with Crippen molar-refractivity contribution in [2.45, 2.75) is 19.3 Å². The summed E-state index contributed by atoms with van der Waals surface area (Å²) in [5.74, 6) is 1.06. The molecule has 0 bridgehead atoms. The fraction of sp³-hybridized carbons (Fsp3) is 0.600. The largest absolute Gasteiger partial charge is 0.369 e. The van der Waals surface area contributed by atoms with Gasteiger partial charge in [-0.3, -0.25) is 4.90 Å². The van der Waals surface area contributed by atoms with E-state index in [2.05, 4.69) is 50.0 Å². The number of hydrogen-bond donors (Lipinski definition) is 0. The molecule has 1 aromatic rings. The van der Waals surface area contributed by atoms with Gasteiger partial charge in [0.15, 0.2) is 0 Å². The number of halogens is 1. The summed E-state index contributed by atoms with van der Waals surface area (Å²) in [7, 11) is 0. The van der Waals surface area contributed by atoms with E-state index in [1.165, 1.54) is 57.7 Å². The van der Waals surface area contributed by atoms with Crippen LogP contribution >= 0.6 is 15.9 Å². The first-order chi connectivity index (χ1) is 8.81. The molecule has 0 radical (unpaired) electrons. The summed E-state index contributed by atoms with van der Waals surface area (Å²) in [4.78, 5) is 5.13. The van der Waals surface area contributed by atoms with Crippen LogP contribution in [0.5, 0.6) is 0 Å². The minimum atomic E-state index is 1.06. The van der Waals surface area contributed by atoms with Gasteiger partial charge < -0.3 is 4.90 Å². The standard InChI is InChI=1S/C15H21BrN2/c16-14-3-5-15(6-4-14)18-11-9-17(10-12-18)8-7-13-1-2-13/h3-6,13H,1-2,7-12H2. The van der Waals surface area contributed by atoms with Crippen LogP contribution in [0.25, 0.3) is 0 Å². The molecule has 98 valence electrons. The molecule has 1 heterocycles. The maximum absolute atomic E-state index is 3.49. The number of piperazine rings is 1. The third-order valence-corrected chi connectivity index (χ3v) is 4.64. The molecular weight excluding hydrogens is 288 g/mol. The van der Waals surface area contributed by atoms with Crippen molar-refractivity contribution in [2.75, 3.05) is 37.6 Å². The Bertz CT molecular complexity index is 378. The zero-order valence-electron chi connectivity index (χ0n) is 10.8. The van der Waals surface area contributed by atoms with E-state index in [9.17, 15) is 0 Å². The van der Waals surface area contributed by atoms with E-state index in [-0.39, 0.29) is 0 Å². The molecule has 2 aliphatic rings. The molecule has 0 amide bonds. The summed E-state index contributed by atoms with van der Waals surface area (Å²) in [5.41, 5.74) is 1.36. The Balaban J connectivity index is 1.48. The van der Waals surface area contributed by atoms with Crippen LogP contribution in [0, 0.1) is 5.92 Å². The van der Waals surface area contributed by atoms with Crippen LogP contribution in [0.4, 0.5) is 5.69 Å². The molecule has 0 atom stereocenters. The Morgan fingerprint density at radius 1 is 1.00 bits per heavy atom. The molecule has 1 aliphatic heterocycles. The lowest BCUT2D eigenvalue weighted by molar-refractivity contribution is 0.250. The second kappa shape index (κ2) is 5.62. The van der Waals surface area contributed by atoms with Crippen LogP contribution in [0.1, 0.15) is 19.3 Å². The second-order valence-electron chi connectivity index (χ2n) is 5.54. The van der Waals surface area contributed by atoms with Crippen molar-refractivity contribution in [1.29, 1.82) is 0 Å². The zero-order chi connectivity index (χ0) is 12.4. The van der Waals surface area contributed by atoms with Gasteiger partial charge in [-0.2, -0.15) is 0 Å². The summed E-state index contributed by atoms with van der Waals surface area (Å²) < 4.78 is 1.16. The molecule has 2 fully saturated rings. The zero-order valence-corrected chi connectivity index (χ0v) is 12.4. The van der Waals surface area contributed by atoms with Gasteiger partial charge in [-0.1, -0.05) is 28.8 Å². The number of nitrogens with zero attached hydrogens (tertiary/aromatic N) is 2. The lowest BCUT2D eigenvalue weighted by atomic mass is 10.2. The molecule has 1 saturated carbocycles. The molecule has 1 aliphatic carbocycles. The molecule has 2 nitrogen and oxygen atoms in total. The topological polar surface area (TPSA) is 6.48 Å². The van der Waals surface area contributed by atoms with Gasteiger partial charge in [0.25, 0.3) is 0 Å². The van der Waals surface area contributed by atoms with Crippen LogP contribution in [-0.4, -0.2) is 37.6 Å². The van der Waals surface area contributed by atoms with Crippen molar-refractivity contribution >= 4 is 21.6 Å². The summed E-state index contributed by atoms with van der Waals surface area (Å²) in [6.07, 6.45) is 4.40. The van der Waals surface area contributed by atoms with E-state index in [0.29, 0.717) is 0 Å². The van der Waals surface area contributed by atoms with Gasteiger partial charge >= 0.3 is 0 Å². The van der Waals surface area contributed by atoms with Gasteiger partial charge in [0.05, 0.1) is 0 Å². The molecule has 0 unspecified atom stereocenters. The summed E-state index contributed by atoms with van der Waals surface area (Å²) >= 11 is 3.49. The minimum absolute atomic E-state index is 1.06. The molecule has 3 heteroatoms. The van der Waals surface area contributed by atoms with Gasteiger partial charge in [-0.15, -0.1) is 0 Å². The molecule has 0 N–H and O–H groups in total. The third kappa shape index (κ3) is 3.27. The second-order valence-corrected chi connectivity index (χ2v) is 6.45. The van der Waals surface area contributed by atoms with Gasteiger partial charge in [-0.05, 0) is 43.1 Å². The normalized spacial score (nSPS) is 21.3. The molecule has 3 rings (SSSR count). The lowest BCUT2D eigenvalue weighted by Crippen LogP contribution is -2.46. The van der Waals surface area contributed by atoms with Gasteiger partial charge in [-0.25, -0.2) is 0 Å². The van der Waals surface area contributed by atoms with E-state index in [4.69, 9.17) is 0 Å². The molecule has 1 aromatic carbocycles. The van der Waals surface area contributed by atoms with E-state index >= 15 is 0 Å². The molecule has 1 saturated heterocycles. The fourth-order valence-electron chi connectivity index (χ4n) is 2.65. The summed E-state index contributed by atoms with van der Waals surface area (Å²) in [6, 6.07) is 8.69. The highest BCUT2D eigenvalue weighted by molar-refractivity contribution is 9.10. The molecule has 18 heavy (non-hydrogen) atoms. The van der Waals surface area contributed by atoms with Crippen LogP contribution in [0.3, 0.4) is 0 Å². The van der Waals surface area contributed by atoms with Crippen molar-refractivity contribution in [3.63, 3.8) is 0 Å². The van der Waals surface area contributed by atoms with Crippen molar-refractivity contribution in [1.82, 2.24) is 4.90 Å². The first kappa shape index (κ1) is 12.5. The maximum atomic E-state index is 3.49. The van der Waals surface area contributed by atoms with Crippen molar-refractivity contribution < 1.29 is 0 Å². The monoisotopic (exact) mass is 308 g/mol. The van der Waals surface area contributed by atoms with Crippen LogP contribution in [-0.2, 0) is 0 Å². The smallest absolute Gasteiger partial charge is 0.0367 e. The first-order valence-corrected chi connectivity index (χ1v) is 7.83. The van der Waals surface area contributed by atoms with Crippen LogP contribution in [0.2, 0.25) is 0 Å². The van der Waals surface area contributed by atoms with Crippen LogP contribution < -0.4 is 4.90 Å². The lowest BCUT2D eigenvalue weighted by Gasteiger charge is -2.36. The highest BCUT2D eigenvalue weighted by Gasteiger charge is 2.23. The highest BCUT2D eigenvalue weighted by atomic mass is 79.9. The van der Waals surface area contributed by atoms with Crippen molar-refractivity contribution in [2.24, 2.45) is 5.92 Å². The summed E-state index contributed by atoms with van der Waals surface area (Å²) in [5, 5.41) is 0. The molecular formula is C15H21BrN2. The Morgan fingerprint density at radius 2 is 1.67 bits per heavy atom. The summed E-state index contributed by atoms with van der Waals surface area (Å²) in [6.45, 7) is 6.11. The van der Waals surface area contributed by atoms with Crippen LogP contribution in [0.15, 0.2) is 28.7 Å². The number of rotatable bonds is 4. The average molecular weight is 309 g/mol. The van der Waals surface area contributed by atoms with Crippen molar-refractivity contribution in [3.8, 4) is 0 Å². The third-order valence-electron chi connectivity index (χ3n) is 4.11. The van der Waals surface area contributed by atoms with Gasteiger partial charge in [0.2, 0.25) is 0 Å². The van der Waals surface area contributed by atoms with Crippen molar-refractivity contribution in [3.05, 3.63) is 28.7 Å². The van der Waals surface area contributed by atoms with E-state index < -0.39 is 0 Å². The molecule has 0 spiro atoms. The van der Waals surface area contributed by atoms with E-state index in [0.717, 1.165) is 10.4 Å². The highest BCUT2D eigenvalue weighted by Crippen LogP contribution is 2.32. The SMILES string of the molecule is Brc1ccc(N2CCN(CCC3CC3)CC2)cc1. The van der Waals surface area contributed by atoms with Gasteiger partial charge in [0, 0.05) is 36.3 Å². The average Bonchev–Trinajstić information content (AvgIpc) is 3.22. The van der Waals surface area contributed by atoms with Gasteiger partial charge in [0.1, 0.15) is 0 Å². The first-order valence-electron chi connectivity index (χ1n) is 7.04. The number of anilines is 1. The van der Waals surface area contributed by atoms with E-state index in [1.54, 1.807) is 0 Å².